The van der Waals surface area contributed by atoms with Crippen LogP contribution in [0.4, 0.5) is 0 Å². The van der Waals surface area contributed by atoms with Crippen LogP contribution in [0.5, 0.6) is 0 Å². The van der Waals surface area contributed by atoms with Gasteiger partial charge in [0.1, 0.15) is 0 Å². The third-order valence-electron chi connectivity index (χ3n) is 4.58. The van der Waals surface area contributed by atoms with Crippen molar-refractivity contribution in [2.75, 3.05) is 33.2 Å². The topological polar surface area (TPSA) is 56.4 Å². The number of H-pyrrole nitrogens is 1. The van der Waals surface area contributed by atoms with Crippen LogP contribution in [0.3, 0.4) is 0 Å². The molecule has 1 aliphatic heterocycles. The van der Waals surface area contributed by atoms with Gasteiger partial charge in [0.25, 0.3) is 5.56 Å². The second kappa shape index (κ2) is 6.54. The third kappa shape index (κ3) is 3.62. The van der Waals surface area contributed by atoms with Gasteiger partial charge in [-0.05, 0) is 43.5 Å². The molecule has 2 heterocycles. The van der Waals surface area contributed by atoms with Gasteiger partial charge < -0.3 is 14.8 Å². The molecule has 0 bridgehead atoms. The van der Waals surface area contributed by atoms with E-state index in [4.69, 9.17) is 0 Å². The van der Waals surface area contributed by atoms with E-state index in [2.05, 4.69) is 16.9 Å². The van der Waals surface area contributed by atoms with Crippen molar-refractivity contribution in [2.24, 2.45) is 0 Å². The first-order chi connectivity index (χ1) is 11.0. The maximum absolute atomic E-state index is 12.3. The Morgan fingerprint density at radius 2 is 1.91 bits per heavy atom. The Bertz CT molecular complexity index is 773. The standard InChI is InChI=1S/C18H23N3O2/c1-13-11-15-5-3-14(12-16(15)19-18(13)23)4-6-17(22)21-9-7-20(2)8-10-21/h3,5,11-12H,4,6-10H2,1-2H3,(H,19,23). The van der Waals surface area contributed by atoms with Crippen LogP contribution in [-0.4, -0.2) is 53.9 Å². The quantitative estimate of drug-likeness (QED) is 0.935. The first kappa shape index (κ1) is 15.7. The van der Waals surface area contributed by atoms with E-state index in [0.717, 1.165) is 48.2 Å². The van der Waals surface area contributed by atoms with Crippen molar-refractivity contribution in [3.63, 3.8) is 0 Å². The predicted octanol–water partition coefficient (Wildman–Crippen LogP) is 1.54. The van der Waals surface area contributed by atoms with Gasteiger partial charge in [0, 0.05) is 43.7 Å². The molecule has 5 heteroatoms. The van der Waals surface area contributed by atoms with Crippen LogP contribution in [0.2, 0.25) is 0 Å². The van der Waals surface area contributed by atoms with E-state index in [9.17, 15) is 9.59 Å². The summed E-state index contributed by atoms with van der Waals surface area (Å²) in [6.07, 6.45) is 1.22. The fourth-order valence-electron chi connectivity index (χ4n) is 2.98. The second-order valence-electron chi connectivity index (χ2n) is 6.39. The Morgan fingerprint density at radius 1 is 1.17 bits per heavy atom. The van der Waals surface area contributed by atoms with Gasteiger partial charge in [-0.15, -0.1) is 0 Å². The van der Waals surface area contributed by atoms with Crippen LogP contribution in [0.1, 0.15) is 17.5 Å². The molecule has 1 N–H and O–H groups in total. The van der Waals surface area contributed by atoms with Crippen LogP contribution < -0.4 is 5.56 Å². The van der Waals surface area contributed by atoms with E-state index >= 15 is 0 Å². The number of hydrogen-bond acceptors (Lipinski definition) is 3. The summed E-state index contributed by atoms with van der Waals surface area (Å²) in [5.41, 5.74) is 2.59. The van der Waals surface area contributed by atoms with E-state index < -0.39 is 0 Å². The molecule has 3 rings (SSSR count). The molecule has 23 heavy (non-hydrogen) atoms. The maximum atomic E-state index is 12.3. The van der Waals surface area contributed by atoms with Crippen molar-refractivity contribution in [3.05, 3.63) is 45.7 Å². The highest BCUT2D eigenvalue weighted by Gasteiger charge is 2.18. The number of hydrogen-bond donors (Lipinski definition) is 1. The van der Waals surface area contributed by atoms with Gasteiger partial charge in [-0.3, -0.25) is 9.59 Å². The molecule has 5 nitrogen and oxygen atoms in total. The summed E-state index contributed by atoms with van der Waals surface area (Å²) in [6.45, 7) is 5.34. The highest BCUT2D eigenvalue weighted by atomic mass is 16.2. The van der Waals surface area contributed by atoms with E-state index in [1.165, 1.54) is 0 Å². The Morgan fingerprint density at radius 3 is 2.65 bits per heavy atom. The molecule has 2 aromatic rings. The number of likely N-dealkylation sites (N-methyl/N-ethyl adjacent to an activating group) is 1. The van der Waals surface area contributed by atoms with Gasteiger partial charge in [-0.1, -0.05) is 12.1 Å². The summed E-state index contributed by atoms with van der Waals surface area (Å²) in [6, 6.07) is 7.92. The number of aryl methyl sites for hydroxylation is 2. The van der Waals surface area contributed by atoms with Gasteiger partial charge in [-0.25, -0.2) is 0 Å². The van der Waals surface area contributed by atoms with E-state index in [-0.39, 0.29) is 11.5 Å². The third-order valence-corrected chi connectivity index (χ3v) is 4.58. The summed E-state index contributed by atoms with van der Waals surface area (Å²) in [5.74, 6) is 0.218. The largest absolute Gasteiger partial charge is 0.340 e. The van der Waals surface area contributed by atoms with Crippen molar-refractivity contribution >= 4 is 16.8 Å². The molecular weight excluding hydrogens is 290 g/mol. The lowest BCUT2D eigenvalue weighted by atomic mass is 10.1. The molecule has 0 aliphatic carbocycles. The summed E-state index contributed by atoms with van der Waals surface area (Å²) in [4.78, 5) is 31.1. The zero-order valence-corrected chi connectivity index (χ0v) is 13.8. The van der Waals surface area contributed by atoms with E-state index in [0.29, 0.717) is 12.8 Å². The number of aromatic amines is 1. The van der Waals surface area contributed by atoms with Crippen LogP contribution in [-0.2, 0) is 11.2 Å². The van der Waals surface area contributed by atoms with Gasteiger partial charge in [-0.2, -0.15) is 0 Å². The van der Waals surface area contributed by atoms with Crippen molar-refractivity contribution < 1.29 is 4.79 Å². The maximum Gasteiger partial charge on any atom is 0.251 e. The first-order valence-corrected chi connectivity index (χ1v) is 8.12. The summed E-state index contributed by atoms with van der Waals surface area (Å²) >= 11 is 0. The number of piperazine rings is 1. The number of pyridine rings is 1. The number of aromatic nitrogens is 1. The van der Waals surface area contributed by atoms with Crippen molar-refractivity contribution in [1.29, 1.82) is 0 Å². The van der Waals surface area contributed by atoms with Crippen LogP contribution in [0.25, 0.3) is 10.9 Å². The fourth-order valence-corrected chi connectivity index (χ4v) is 2.98. The molecule has 1 aliphatic rings. The number of rotatable bonds is 3. The average molecular weight is 313 g/mol. The second-order valence-corrected chi connectivity index (χ2v) is 6.39. The number of carbonyl (C=O) groups is 1. The minimum Gasteiger partial charge on any atom is -0.340 e. The Hall–Kier alpha value is -2.14. The highest BCUT2D eigenvalue weighted by molar-refractivity contribution is 5.80. The minimum absolute atomic E-state index is 0.0526. The fraction of sp³-hybridized carbons (Fsp3) is 0.444. The van der Waals surface area contributed by atoms with Crippen molar-refractivity contribution in [2.45, 2.75) is 19.8 Å². The molecule has 1 amide bonds. The molecular formula is C18H23N3O2. The lowest BCUT2D eigenvalue weighted by Gasteiger charge is -2.32. The van der Waals surface area contributed by atoms with E-state index in [1.54, 1.807) is 6.92 Å². The molecule has 0 saturated carbocycles. The summed E-state index contributed by atoms with van der Waals surface area (Å²) in [5, 5.41) is 1.02. The number of benzene rings is 1. The molecule has 1 fully saturated rings. The van der Waals surface area contributed by atoms with Gasteiger partial charge in [0.2, 0.25) is 5.91 Å². The van der Waals surface area contributed by atoms with Crippen LogP contribution >= 0.6 is 0 Å². The monoisotopic (exact) mass is 313 g/mol. The predicted molar refractivity (Wildman–Crippen MR) is 91.7 cm³/mol. The molecule has 1 saturated heterocycles. The van der Waals surface area contributed by atoms with Gasteiger partial charge in [0.15, 0.2) is 0 Å². The van der Waals surface area contributed by atoms with Crippen molar-refractivity contribution in [1.82, 2.24) is 14.8 Å². The van der Waals surface area contributed by atoms with Gasteiger partial charge >= 0.3 is 0 Å². The smallest absolute Gasteiger partial charge is 0.251 e. The lowest BCUT2D eigenvalue weighted by molar-refractivity contribution is -0.132. The molecule has 0 spiro atoms. The summed E-state index contributed by atoms with van der Waals surface area (Å²) in [7, 11) is 2.08. The van der Waals surface area contributed by atoms with Gasteiger partial charge in [0.05, 0.1) is 0 Å². The molecule has 1 aromatic carbocycles. The molecule has 0 radical (unpaired) electrons. The number of amides is 1. The highest BCUT2D eigenvalue weighted by Crippen LogP contribution is 2.15. The zero-order chi connectivity index (χ0) is 16.4. The number of nitrogens with zero attached hydrogens (tertiary/aromatic N) is 2. The Balaban J connectivity index is 1.66. The Kier molecular flexibility index (Phi) is 4.48. The number of fused-ring (bicyclic) bond motifs is 1. The van der Waals surface area contributed by atoms with Crippen molar-refractivity contribution in [3.8, 4) is 0 Å². The normalized spacial score (nSPS) is 16.0. The zero-order valence-electron chi connectivity index (χ0n) is 13.8. The molecule has 1 aromatic heterocycles. The Labute approximate surface area is 135 Å². The summed E-state index contributed by atoms with van der Waals surface area (Å²) < 4.78 is 0. The number of nitrogens with one attached hydrogen (secondary N) is 1. The lowest BCUT2D eigenvalue weighted by Crippen LogP contribution is -2.47. The van der Waals surface area contributed by atoms with Crippen LogP contribution in [0.15, 0.2) is 29.1 Å². The molecule has 0 unspecified atom stereocenters. The SMILES string of the molecule is Cc1cc2ccc(CCC(=O)N3CCN(C)CC3)cc2[nH]c1=O. The van der Waals surface area contributed by atoms with E-state index in [1.807, 2.05) is 29.2 Å². The molecule has 0 atom stereocenters. The minimum atomic E-state index is -0.0526. The number of carbonyl (C=O) groups excluding carboxylic acids is 1. The average Bonchev–Trinajstić information content (AvgIpc) is 2.54. The first-order valence-electron chi connectivity index (χ1n) is 8.12. The molecule has 122 valence electrons. The van der Waals surface area contributed by atoms with Crippen LogP contribution in [0, 0.1) is 6.92 Å².